The summed E-state index contributed by atoms with van der Waals surface area (Å²) in [4.78, 5) is 4.33. The molecule has 21 heavy (non-hydrogen) atoms. The van der Waals surface area contributed by atoms with Gasteiger partial charge < -0.3 is 10.5 Å². The number of pyridine rings is 1. The highest BCUT2D eigenvalue weighted by Gasteiger charge is 2.08. The number of nitrogens with two attached hydrogens (primary N) is 1. The van der Waals surface area contributed by atoms with E-state index in [9.17, 15) is 0 Å². The summed E-state index contributed by atoms with van der Waals surface area (Å²) in [6.45, 7) is 0. The second kappa shape index (κ2) is 5.42. The van der Waals surface area contributed by atoms with Gasteiger partial charge >= 0.3 is 0 Å². The Bertz CT molecular complexity index is 827. The smallest absolute Gasteiger partial charge is 0.153 e. The van der Waals surface area contributed by atoms with Gasteiger partial charge in [0.2, 0.25) is 0 Å². The number of fused-ring (bicyclic) bond motifs is 1. The monoisotopic (exact) mass is 297 g/mol. The molecule has 104 valence electrons. The maximum atomic E-state index is 7.42. The molecule has 0 bridgehead atoms. The lowest BCUT2D eigenvalue weighted by Gasteiger charge is -2.10. The summed E-state index contributed by atoms with van der Waals surface area (Å²) >= 11 is 6.09. The van der Waals surface area contributed by atoms with Gasteiger partial charge in [0.05, 0.1) is 5.02 Å². The molecule has 5 heteroatoms. The van der Waals surface area contributed by atoms with Gasteiger partial charge in [0.15, 0.2) is 5.75 Å². The fourth-order valence-corrected chi connectivity index (χ4v) is 2.34. The minimum absolute atomic E-state index is 0.0709. The average molecular weight is 298 g/mol. The lowest BCUT2D eigenvalue weighted by molar-refractivity contribution is 0.487. The van der Waals surface area contributed by atoms with Crippen LogP contribution in [0.4, 0.5) is 0 Å². The Balaban J connectivity index is 1.99. The standard InChI is InChI=1S/C16H12ClN3O/c17-13-9-11(6-7-12(13)16(18)19)21-14-5-1-3-10-4-2-8-20-15(10)14/h1-9H,(H3,18,19). The zero-order chi connectivity index (χ0) is 14.8. The lowest BCUT2D eigenvalue weighted by Crippen LogP contribution is -2.11. The molecule has 0 spiro atoms. The fraction of sp³-hybridized carbons (Fsp3) is 0. The van der Waals surface area contributed by atoms with Crippen molar-refractivity contribution in [2.75, 3.05) is 0 Å². The van der Waals surface area contributed by atoms with Crippen molar-refractivity contribution in [1.82, 2.24) is 4.98 Å². The van der Waals surface area contributed by atoms with Gasteiger partial charge in [0.25, 0.3) is 0 Å². The third-order valence-corrected chi connectivity index (χ3v) is 3.37. The number of nitrogens with one attached hydrogen (secondary N) is 1. The molecule has 1 aromatic heterocycles. The van der Waals surface area contributed by atoms with E-state index in [0.29, 0.717) is 22.1 Å². The van der Waals surface area contributed by atoms with E-state index < -0.39 is 0 Å². The van der Waals surface area contributed by atoms with E-state index in [1.54, 1.807) is 24.4 Å². The number of ether oxygens (including phenoxy) is 1. The van der Waals surface area contributed by atoms with Crippen LogP contribution in [0.25, 0.3) is 10.9 Å². The molecule has 0 aliphatic rings. The molecule has 3 rings (SSSR count). The van der Waals surface area contributed by atoms with Crippen LogP contribution in [0.2, 0.25) is 5.02 Å². The van der Waals surface area contributed by atoms with Crippen LogP contribution in [0.5, 0.6) is 11.5 Å². The lowest BCUT2D eigenvalue weighted by atomic mass is 10.2. The van der Waals surface area contributed by atoms with Gasteiger partial charge in [-0.15, -0.1) is 0 Å². The highest BCUT2D eigenvalue weighted by atomic mass is 35.5. The molecule has 0 fully saturated rings. The summed E-state index contributed by atoms with van der Waals surface area (Å²) in [5.41, 5.74) is 6.71. The van der Waals surface area contributed by atoms with Crippen LogP contribution < -0.4 is 10.5 Å². The molecule has 0 aliphatic carbocycles. The second-order valence-electron chi connectivity index (χ2n) is 4.49. The van der Waals surface area contributed by atoms with Crippen molar-refractivity contribution >= 4 is 28.3 Å². The molecule has 0 saturated carbocycles. The number of amidine groups is 1. The van der Waals surface area contributed by atoms with Gasteiger partial charge in [-0.05, 0) is 24.3 Å². The maximum absolute atomic E-state index is 7.42. The van der Waals surface area contributed by atoms with Crippen LogP contribution in [-0.4, -0.2) is 10.8 Å². The van der Waals surface area contributed by atoms with Crippen molar-refractivity contribution in [2.24, 2.45) is 5.73 Å². The Kier molecular flexibility index (Phi) is 3.46. The first-order valence-electron chi connectivity index (χ1n) is 6.31. The molecule has 0 saturated heterocycles. The van der Waals surface area contributed by atoms with E-state index in [0.717, 1.165) is 10.9 Å². The zero-order valence-electron chi connectivity index (χ0n) is 11.0. The largest absolute Gasteiger partial charge is 0.455 e. The van der Waals surface area contributed by atoms with E-state index in [1.165, 1.54) is 0 Å². The molecule has 0 aliphatic heterocycles. The second-order valence-corrected chi connectivity index (χ2v) is 4.90. The Morgan fingerprint density at radius 1 is 1.14 bits per heavy atom. The number of hydrogen-bond donors (Lipinski definition) is 2. The summed E-state index contributed by atoms with van der Waals surface area (Å²) in [6.07, 6.45) is 1.72. The number of halogens is 1. The Morgan fingerprint density at radius 3 is 2.71 bits per heavy atom. The third kappa shape index (κ3) is 2.66. The summed E-state index contributed by atoms with van der Waals surface area (Å²) in [6, 6.07) is 14.6. The van der Waals surface area contributed by atoms with Gasteiger partial charge in [0.1, 0.15) is 17.1 Å². The summed E-state index contributed by atoms with van der Waals surface area (Å²) < 4.78 is 5.85. The minimum Gasteiger partial charge on any atom is -0.455 e. The highest BCUT2D eigenvalue weighted by Crippen LogP contribution is 2.30. The van der Waals surface area contributed by atoms with Gasteiger partial charge in [0, 0.05) is 23.2 Å². The first kappa shape index (κ1) is 13.4. The van der Waals surface area contributed by atoms with Crippen molar-refractivity contribution in [2.45, 2.75) is 0 Å². The molecule has 2 aromatic carbocycles. The van der Waals surface area contributed by atoms with Crippen molar-refractivity contribution < 1.29 is 4.74 Å². The molecule has 0 amide bonds. The Hall–Kier alpha value is -2.59. The number of para-hydroxylation sites is 1. The van der Waals surface area contributed by atoms with Gasteiger partial charge in [-0.25, -0.2) is 0 Å². The van der Waals surface area contributed by atoms with Crippen LogP contribution in [0.15, 0.2) is 54.7 Å². The predicted octanol–water partition coefficient (Wildman–Crippen LogP) is 3.96. The summed E-state index contributed by atoms with van der Waals surface area (Å²) in [7, 11) is 0. The van der Waals surface area contributed by atoms with Crippen LogP contribution in [-0.2, 0) is 0 Å². The summed E-state index contributed by atoms with van der Waals surface area (Å²) in [5.74, 6) is 1.15. The van der Waals surface area contributed by atoms with E-state index in [1.807, 2.05) is 30.3 Å². The quantitative estimate of drug-likeness (QED) is 0.567. The van der Waals surface area contributed by atoms with Crippen molar-refractivity contribution in [3.8, 4) is 11.5 Å². The van der Waals surface area contributed by atoms with Crippen LogP contribution >= 0.6 is 11.6 Å². The number of aromatic nitrogens is 1. The molecule has 3 N–H and O–H groups in total. The molecule has 0 atom stereocenters. The molecule has 0 radical (unpaired) electrons. The van der Waals surface area contributed by atoms with Gasteiger partial charge in [-0.3, -0.25) is 10.4 Å². The molecular formula is C16H12ClN3O. The number of rotatable bonds is 3. The predicted molar refractivity (Wildman–Crippen MR) is 84.3 cm³/mol. The average Bonchev–Trinajstić information content (AvgIpc) is 2.47. The van der Waals surface area contributed by atoms with E-state index in [-0.39, 0.29) is 5.84 Å². The third-order valence-electron chi connectivity index (χ3n) is 3.05. The fourth-order valence-electron chi connectivity index (χ4n) is 2.06. The van der Waals surface area contributed by atoms with E-state index >= 15 is 0 Å². The number of nitrogens with zero attached hydrogens (tertiary/aromatic N) is 1. The molecule has 0 unspecified atom stereocenters. The highest BCUT2D eigenvalue weighted by molar-refractivity contribution is 6.34. The Labute approximate surface area is 126 Å². The van der Waals surface area contributed by atoms with E-state index in [4.69, 9.17) is 27.5 Å². The minimum atomic E-state index is -0.0709. The van der Waals surface area contributed by atoms with Crippen molar-refractivity contribution in [3.05, 3.63) is 65.3 Å². The summed E-state index contributed by atoms with van der Waals surface area (Å²) in [5, 5.41) is 8.80. The topological polar surface area (TPSA) is 72.0 Å². The van der Waals surface area contributed by atoms with Crippen LogP contribution in [0, 0.1) is 5.41 Å². The normalized spacial score (nSPS) is 10.5. The molecule has 3 aromatic rings. The first-order valence-corrected chi connectivity index (χ1v) is 6.68. The van der Waals surface area contributed by atoms with Gasteiger partial charge in [-0.1, -0.05) is 29.8 Å². The number of hydrogen-bond acceptors (Lipinski definition) is 3. The Morgan fingerprint density at radius 2 is 1.95 bits per heavy atom. The van der Waals surface area contributed by atoms with E-state index in [2.05, 4.69) is 4.98 Å². The molecular weight excluding hydrogens is 286 g/mol. The molecule has 1 heterocycles. The first-order chi connectivity index (χ1) is 10.1. The van der Waals surface area contributed by atoms with Crippen molar-refractivity contribution in [1.29, 1.82) is 5.41 Å². The SMILES string of the molecule is N=C(N)c1ccc(Oc2cccc3cccnc23)cc1Cl. The number of nitrogen functional groups attached to an aromatic ring is 1. The number of benzene rings is 2. The maximum Gasteiger partial charge on any atom is 0.153 e. The molecule has 4 nitrogen and oxygen atoms in total. The van der Waals surface area contributed by atoms with Crippen molar-refractivity contribution in [3.63, 3.8) is 0 Å². The van der Waals surface area contributed by atoms with Crippen LogP contribution in [0.1, 0.15) is 5.56 Å². The zero-order valence-corrected chi connectivity index (χ0v) is 11.8. The van der Waals surface area contributed by atoms with Crippen LogP contribution in [0.3, 0.4) is 0 Å². The van der Waals surface area contributed by atoms with Gasteiger partial charge in [-0.2, -0.15) is 0 Å².